The van der Waals surface area contributed by atoms with Crippen LogP contribution in [0.5, 0.6) is 0 Å². The molecule has 0 spiro atoms. The van der Waals surface area contributed by atoms with Crippen molar-refractivity contribution in [1.29, 1.82) is 0 Å². The van der Waals surface area contributed by atoms with Crippen molar-refractivity contribution in [2.75, 3.05) is 9.13 Å². The molecule has 5 heteroatoms. The van der Waals surface area contributed by atoms with E-state index in [4.69, 9.17) is 5.40 Å². The zero-order valence-corrected chi connectivity index (χ0v) is 13.5. The van der Waals surface area contributed by atoms with Crippen LogP contribution in [0.2, 0.25) is 0 Å². The fourth-order valence-corrected chi connectivity index (χ4v) is 5.17. The average Bonchev–Trinajstić information content (AvgIpc) is 2.48. The molecule has 0 saturated carbocycles. The molecule has 0 aliphatic carbocycles. The van der Waals surface area contributed by atoms with E-state index < -0.39 is 8.80 Å². The Bertz CT molecular complexity index is 713. The average molecular weight is 309 g/mol. The summed E-state index contributed by atoms with van der Waals surface area (Å²) in [6.07, 6.45) is 1.94. The van der Waals surface area contributed by atoms with Crippen LogP contribution < -0.4 is 14.5 Å². The van der Waals surface area contributed by atoms with Gasteiger partial charge in [-0.1, -0.05) is 43.0 Å². The predicted molar refractivity (Wildman–Crippen MR) is 92.9 cm³/mol. The minimum absolute atomic E-state index is 0.701. The highest BCUT2D eigenvalue weighted by Gasteiger charge is 2.48. The summed E-state index contributed by atoms with van der Waals surface area (Å²) in [7, 11) is -3.46. The van der Waals surface area contributed by atoms with E-state index in [-0.39, 0.29) is 0 Å². The molecule has 3 N–H and O–H groups in total. The Morgan fingerprint density at radius 2 is 1.36 bits per heavy atom. The second-order valence-electron chi connectivity index (χ2n) is 5.31. The van der Waals surface area contributed by atoms with Gasteiger partial charge in [0.1, 0.15) is 0 Å². The highest BCUT2D eigenvalue weighted by Crippen LogP contribution is 2.34. The minimum Gasteiger partial charge on any atom is -0.387 e. The standard InChI is InChI=1S/C17H19N3OSi/c1-14-13-15(2)20(17-11-7-4-8-12-17)22(18,21)19(14)16-9-5-3-6-10-16/h3-13,21H,1,18H2,2H3. The normalized spacial score (nSPS) is 21.8. The van der Waals surface area contributed by atoms with Crippen LogP contribution in [0.25, 0.3) is 0 Å². The molecule has 1 atom stereocenters. The molecule has 0 bridgehead atoms. The van der Waals surface area contributed by atoms with Crippen LogP contribution in [0.3, 0.4) is 0 Å². The van der Waals surface area contributed by atoms with Gasteiger partial charge in [0.05, 0.1) is 0 Å². The molecule has 1 aliphatic heterocycles. The summed E-state index contributed by atoms with van der Waals surface area (Å²) in [4.78, 5) is 11.2. The van der Waals surface area contributed by atoms with Gasteiger partial charge in [-0.25, -0.2) is 0 Å². The van der Waals surface area contributed by atoms with Gasteiger partial charge in [-0.15, -0.1) is 0 Å². The fourth-order valence-electron chi connectivity index (χ4n) is 2.84. The number of para-hydroxylation sites is 2. The van der Waals surface area contributed by atoms with Gasteiger partial charge in [0, 0.05) is 22.8 Å². The van der Waals surface area contributed by atoms with E-state index in [1.807, 2.05) is 78.2 Å². The van der Waals surface area contributed by atoms with Gasteiger partial charge in [-0.05, 0) is 37.3 Å². The van der Waals surface area contributed by atoms with Crippen LogP contribution in [0.4, 0.5) is 11.4 Å². The van der Waals surface area contributed by atoms with Crippen molar-refractivity contribution in [3.05, 3.63) is 84.7 Å². The Morgan fingerprint density at radius 3 is 1.86 bits per heavy atom. The quantitative estimate of drug-likeness (QED) is 0.838. The van der Waals surface area contributed by atoms with Gasteiger partial charge in [-0.3, -0.25) is 5.40 Å². The maximum Gasteiger partial charge on any atom is 0.513 e. The third-order valence-electron chi connectivity index (χ3n) is 3.70. The number of anilines is 2. The first-order valence-electron chi connectivity index (χ1n) is 7.11. The molecule has 0 radical (unpaired) electrons. The van der Waals surface area contributed by atoms with Crippen LogP contribution in [0.15, 0.2) is 84.7 Å². The van der Waals surface area contributed by atoms with Crippen molar-refractivity contribution >= 4 is 20.2 Å². The third-order valence-corrected chi connectivity index (χ3v) is 6.18. The molecule has 22 heavy (non-hydrogen) atoms. The van der Waals surface area contributed by atoms with E-state index in [2.05, 4.69) is 6.58 Å². The van der Waals surface area contributed by atoms with E-state index in [1.165, 1.54) is 0 Å². The predicted octanol–water partition coefficient (Wildman–Crippen LogP) is 2.82. The van der Waals surface area contributed by atoms with Crippen molar-refractivity contribution in [1.82, 2.24) is 0 Å². The third kappa shape index (κ3) is 2.35. The largest absolute Gasteiger partial charge is 0.513 e. The van der Waals surface area contributed by atoms with Gasteiger partial charge in [0.2, 0.25) is 0 Å². The van der Waals surface area contributed by atoms with Gasteiger partial charge >= 0.3 is 8.80 Å². The fraction of sp³-hybridized carbons (Fsp3) is 0.0588. The van der Waals surface area contributed by atoms with Gasteiger partial charge in [0.15, 0.2) is 0 Å². The number of nitrogens with zero attached hydrogens (tertiary/aromatic N) is 2. The summed E-state index contributed by atoms with van der Waals surface area (Å²) in [6.45, 7) is 6.00. The molecule has 4 nitrogen and oxygen atoms in total. The first kappa shape index (κ1) is 14.6. The highest BCUT2D eigenvalue weighted by atomic mass is 28.4. The number of benzene rings is 2. The Morgan fingerprint density at radius 1 is 0.909 bits per heavy atom. The Labute approximate surface area is 131 Å². The second-order valence-corrected chi connectivity index (χ2v) is 7.58. The lowest BCUT2D eigenvalue weighted by Gasteiger charge is -2.47. The van der Waals surface area contributed by atoms with E-state index in [1.54, 1.807) is 4.57 Å². The van der Waals surface area contributed by atoms with Crippen LogP contribution in [-0.4, -0.2) is 13.6 Å². The minimum atomic E-state index is -3.46. The molecule has 0 fully saturated rings. The van der Waals surface area contributed by atoms with Crippen molar-refractivity contribution in [3.63, 3.8) is 0 Å². The van der Waals surface area contributed by atoms with Crippen molar-refractivity contribution in [3.8, 4) is 0 Å². The van der Waals surface area contributed by atoms with Crippen LogP contribution in [0, 0.1) is 0 Å². The highest BCUT2D eigenvalue weighted by molar-refractivity contribution is 6.78. The zero-order chi connectivity index (χ0) is 15.7. The summed E-state index contributed by atoms with van der Waals surface area (Å²) in [5.74, 6) is 0. The van der Waals surface area contributed by atoms with E-state index in [0.29, 0.717) is 5.70 Å². The number of nitrogens with two attached hydrogens (primary N) is 1. The monoisotopic (exact) mass is 309 g/mol. The lowest BCUT2D eigenvalue weighted by molar-refractivity contribution is 0.524. The molecule has 0 saturated heterocycles. The van der Waals surface area contributed by atoms with Crippen LogP contribution >= 0.6 is 0 Å². The van der Waals surface area contributed by atoms with E-state index in [9.17, 15) is 4.80 Å². The molecule has 2 aromatic carbocycles. The van der Waals surface area contributed by atoms with Crippen LogP contribution in [-0.2, 0) is 0 Å². The Balaban J connectivity index is 2.13. The summed E-state index contributed by atoms with van der Waals surface area (Å²) < 4.78 is 3.58. The lowest BCUT2D eigenvalue weighted by atomic mass is 10.2. The lowest BCUT2D eigenvalue weighted by Crippen LogP contribution is -2.74. The molecule has 1 unspecified atom stereocenters. The number of hydrogen-bond donors (Lipinski definition) is 2. The van der Waals surface area contributed by atoms with Crippen molar-refractivity contribution in [2.45, 2.75) is 6.92 Å². The number of hydrogen-bond acceptors (Lipinski definition) is 4. The second kappa shape index (κ2) is 5.45. The Kier molecular flexibility index (Phi) is 3.62. The first-order chi connectivity index (χ1) is 10.5. The van der Waals surface area contributed by atoms with Gasteiger partial charge in [0.25, 0.3) is 0 Å². The molecular formula is C17H19N3OSi. The maximum atomic E-state index is 11.2. The molecule has 3 rings (SSSR count). The van der Waals surface area contributed by atoms with E-state index >= 15 is 0 Å². The Hall–Kier alpha value is -2.34. The van der Waals surface area contributed by atoms with Gasteiger partial charge < -0.3 is 13.9 Å². The van der Waals surface area contributed by atoms with Crippen LogP contribution in [0.1, 0.15) is 6.92 Å². The molecule has 112 valence electrons. The van der Waals surface area contributed by atoms with Crippen molar-refractivity contribution in [2.24, 2.45) is 5.40 Å². The molecule has 2 aromatic rings. The topological polar surface area (TPSA) is 52.7 Å². The van der Waals surface area contributed by atoms with E-state index in [0.717, 1.165) is 17.1 Å². The smallest absolute Gasteiger partial charge is 0.387 e. The maximum absolute atomic E-state index is 11.2. The number of rotatable bonds is 2. The summed E-state index contributed by atoms with van der Waals surface area (Å²) >= 11 is 0. The summed E-state index contributed by atoms with van der Waals surface area (Å²) in [5, 5.41) is 6.46. The molecular weight excluding hydrogens is 290 g/mol. The first-order valence-corrected chi connectivity index (χ1v) is 9.03. The summed E-state index contributed by atoms with van der Waals surface area (Å²) in [6, 6.07) is 19.3. The van der Waals surface area contributed by atoms with Gasteiger partial charge in [-0.2, -0.15) is 0 Å². The molecule has 1 aliphatic rings. The molecule has 0 aromatic heterocycles. The van der Waals surface area contributed by atoms with Crippen molar-refractivity contribution < 1.29 is 4.80 Å². The molecule has 1 heterocycles. The summed E-state index contributed by atoms with van der Waals surface area (Å²) in [5.41, 5.74) is 3.31. The number of allylic oxidation sites excluding steroid dienone is 2. The zero-order valence-electron chi connectivity index (χ0n) is 12.5. The SMILES string of the molecule is C=C1C=C(C)N(c2ccccc2)[Si](N)(O)N1c1ccccc1. The molecule has 0 amide bonds.